The average Bonchev–Trinajstić information content (AvgIpc) is 2.63. The highest BCUT2D eigenvalue weighted by Gasteiger charge is 2.22. The fourth-order valence-electron chi connectivity index (χ4n) is 3.31. The van der Waals surface area contributed by atoms with Crippen LogP contribution in [-0.2, 0) is 0 Å². The van der Waals surface area contributed by atoms with Crippen molar-refractivity contribution < 1.29 is 4.79 Å². The molecular formula is C21H29ClN4O. The third kappa shape index (κ3) is 6.22. The summed E-state index contributed by atoms with van der Waals surface area (Å²) in [4.78, 5) is 18.8. The first-order valence-corrected chi connectivity index (χ1v) is 9.65. The monoisotopic (exact) mass is 388 g/mol. The highest BCUT2D eigenvalue weighted by molar-refractivity contribution is 6.33. The Balaban J connectivity index is 2.11. The number of hydrogen-bond acceptors (Lipinski definition) is 3. The molecule has 0 aromatic carbocycles. The maximum Gasteiger partial charge on any atom is 0.315 e. The lowest BCUT2D eigenvalue weighted by Gasteiger charge is -2.30. The number of pyridine rings is 1. The second-order valence-corrected chi connectivity index (χ2v) is 7.49. The summed E-state index contributed by atoms with van der Waals surface area (Å²) in [5.74, 6) is 0. The number of rotatable bonds is 6. The van der Waals surface area contributed by atoms with Gasteiger partial charge < -0.3 is 15.5 Å². The minimum atomic E-state index is -0.230. The molecule has 6 heteroatoms. The highest BCUT2D eigenvalue weighted by atomic mass is 35.5. The number of halogens is 1. The number of amides is 2. The van der Waals surface area contributed by atoms with Gasteiger partial charge in [0.25, 0.3) is 0 Å². The number of aromatic nitrogens is 1. The fourth-order valence-corrected chi connectivity index (χ4v) is 3.53. The number of piperidine rings is 1. The lowest BCUT2D eigenvalue weighted by Crippen LogP contribution is -2.49. The Morgan fingerprint density at radius 2 is 2.00 bits per heavy atom. The Labute approximate surface area is 167 Å². The zero-order chi connectivity index (χ0) is 19.8. The summed E-state index contributed by atoms with van der Waals surface area (Å²) in [5.41, 5.74) is 2.74. The van der Waals surface area contributed by atoms with E-state index < -0.39 is 0 Å². The first kappa shape index (κ1) is 21.2. The van der Waals surface area contributed by atoms with Gasteiger partial charge in [-0.3, -0.25) is 4.98 Å². The van der Waals surface area contributed by atoms with Crippen LogP contribution in [0.2, 0.25) is 0 Å². The van der Waals surface area contributed by atoms with E-state index in [0.29, 0.717) is 5.03 Å². The van der Waals surface area contributed by atoms with E-state index in [0.717, 1.165) is 42.6 Å². The second-order valence-electron chi connectivity index (χ2n) is 6.92. The van der Waals surface area contributed by atoms with E-state index in [4.69, 9.17) is 11.6 Å². The van der Waals surface area contributed by atoms with E-state index in [1.807, 2.05) is 32.1 Å². The van der Waals surface area contributed by atoms with E-state index in [-0.39, 0.29) is 18.1 Å². The number of nitrogens with zero attached hydrogens (tertiary/aromatic N) is 2. The van der Waals surface area contributed by atoms with Gasteiger partial charge in [-0.2, -0.15) is 0 Å². The van der Waals surface area contributed by atoms with E-state index in [1.165, 1.54) is 0 Å². The van der Waals surface area contributed by atoms with Gasteiger partial charge in [-0.1, -0.05) is 30.3 Å². The predicted octanol–water partition coefficient (Wildman–Crippen LogP) is 3.95. The largest absolute Gasteiger partial charge is 0.335 e. The predicted molar refractivity (Wildman–Crippen MR) is 113 cm³/mol. The molecule has 0 saturated carbocycles. The first-order chi connectivity index (χ1) is 12.9. The molecule has 146 valence electrons. The van der Waals surface area contributed by atoms with Gasteiger partial charge in [0.2, 0.25) is 0 Å². The van der Waals surface area contributed by atoms with E-state index >= 15 is 0 Å². The van der Waals surface area contributed by atoms with Gasteiger partial charge in [0.05, 0.1) is 6.04 Å². The van der Waals surface area contributed by atoms with Crippen molar-refractivity contribution in [2.24, 2.45) is 0 Å². The Hall–Kier alpha value is -2.11. The summed E-state index contributed by atoms with van der Waals surface area (Å²) in [6.45, 7) is 9.61. The molecule has 1 aliphatic rings. The molecule has 1 aromatic heterocycles. The summed E-state index contributed by atoms with van der Waals surface area (Å²) >= 11 is 6.41. The zero-order valence-corrected chi connectivity index (χ0v) is 17.1. The van der Waals surface area contributed by atoms with Crippen molar-refractivity contribution >= 4 is 23.2 Å². The standard InChI is InChI=1S/C21H29ClN4O/c1-5-6-19(20(15(2)22)17-7-11-23-12-8-17)16(3)24-21(27)25-18-9-13-26(4)14-10-18/h5-8,11-12,16,18H,1,9-10,13-14H2,2-4H3,(H2,24,25,27)/b19-6-,20-15+. The van der Waals surface area contributed by atoms with E-state index in [9.17, 15) is 4.79 Å². The molecule has 2 N–H and O–H groups in total. The van der Waals surface area contributed by atoms with Crippen molar-refractivity contribution in [2.45, 2.75) is 38.8 Å². The van der Waals surface area contributed by atoms with Crippen LogP contribution in [0.1, 0.15) is 32.3 Å². The molecule has 0 aliphatic carbocycles. The van der Waals surface area contributed by atoms with Crippen LogP contribution in [0, 0.1) is 0 Å². The van der Waals surface area contributed by atoms with Gasteiger partial charge in [-0.15, -0.1) is 0 Å². The van der Waals surface area contributed by atoms with Crippen molar-refractivity contribution in [2.75, 3.05) is 20.1 Å². The van der Waals surface area contributed by atoms with E-state index in [1.54, 1.807) is 18.5 Å². The number of nitrogens with one attached hydrogen (secondary N) is 2. The Kier molecular flexibility index (Phi) is 8.07. The lowest BCUT2D eigenvalue weighted by molar-refractivity contribution is 0.213. The molecule has 0 radical (unpaired) electrons. The van der Waals surface area contributed by atoms with Crippen molar-refractivity contribution in [3.05, 3.63) is 59.4 Å². The smallest absolute Gasteiger partial charge is 0.315 e. The third-order valence-corrected chi connectivity index (χ3v) is 4.96. The molecule has 1 aromatic rings. The lowest BCUT2D eigenvalue weighted by atomic mass is 9.93. The topological polar surface area (TPSA) is 57.3 Å². The number of likely N-dealkylation sites (tertiary alicyclic amines) is 1. The van der Waals surface area contributed by atoms with Crippen LogP contribution in [0.5, 0.6) is 0 Å². The van der Waals surface area contributed by atoms with Crippen LogP contribution in [0.4, 0.5) is 4.79 Å². The number of carbonyl (C=O) groups is 1. The molecule has 1 saturated heterocycles. The molecule has 5 nitrogen and oxygen atoms in total. The Morgan fingerprint density at radius 3 is 2.56 bits per heavy atom. The summed E-state index contributed by atoms with van der Waals surface area (Å²) < 4.78 is 0. The number of allylic oxidation sites excluding steroid dienone is 3. The molecule has 1 unspecified atom stereocenters. The average molecular weight is 389 g/mol. The molecule has 1 aliphatic heterocycles. The van der Waals surface area contributed by atoms with Crippen LogP contribution >= 0.6 is 11.6 Å². The molecule has 27 heavy (non-hydrogen) atoms. The van der Waals surface area contributed by atoms with Gasteiger partial charge in [0.15, 0.2) is 0 Å². The van der Waals surface area contributed by atoms with Gasteiger partial charge in [0, 0.05) is 29.0 Å². The number of hydrogen-bond donors (Lipinski definition) is 2. The Bertz CT molecular complexity index is 702. The molecule has 1 fully saturated rings. The van der Waals surface area contributed by atoms with Crippen LogP contribution in [0.25, 0.3) is 5.57 Å². The van der Waals surface area contributed by atoms with Crippen LogP contribution in [0.15, 0.2) is 53.9 Å². The number of urea groups is 1. The van der Waals surface area contributed by atoms with Gasteiger partial charge in [-0.05, 0) is 70.1 Å². The molecule has 2 heterocycles. The zero-order valence-electron chi connectivity index (χ0n) is 16.3. The molecule has 2 amide bonds. The summed E-state index contributed by atoms with van der Waals surface area (Å²) in [6.07, 6.45) is 9.00. The molecule has 0 spiro atoms. The van der Waals surface area contributed by atoms with Gasteiger partial charge >= 0.3 is 6.03 Å². The van der Waals surface area contributed by atoms with Crippen molar-refractivity contribution in [1.82, 2.24) is 20.5 Å². The Morgan fingerprint density at radius 1 is 1.37 bits per heavy atom. The molecular weight excluding hydrogens is 360 g/mol. The minimum Gasteiger partial charge on any atom is -0.335 e. The summed E-state index contributed by atoms with van der Waals surface area (Å²) in [6, 6.07) is 3.64. The van der Waals surface area contributed by atoms with Gasteiger partial charge in [0.1, 0.15) is 0 Å². The number of carbonyl (C=O) groups excluding carboxylic acids is 1. The van der Waals surface area contributed by atoms with Crippen LogP contribution < -0.4 is 10.6 Å². The van der Waals surface area contributed by atoms with Crippen molar-refractivity contribution in [3.63, 3.8) is 0 Å². The fraction of sp³-hybridized carbons (Fsp3) is 0.429. The molecule has 0 bridgehead atoms. The van der Waals surface area contributed by atoms with Gasteiger partial charge in [-0.25, -0.2) is 4.79 Å². The van der Waals surface area contributed by atoms with E-state index in [2.05, 4.69) is 34.1 Å². The molecule has 2 rings (SSSR count). The maximum atomic E-state index is 12.5. The van der Waals surface area contributed by atoms with Crippen molar-refractivity contribution in [1.29, 1.82) is 0 Å². The SMILES string of the molecule is C=C/C=C(\C(=C(/C)Cl)c1ccncc1)C(C)NC(=O)NC1CCN(C)CC1. The third-order valence-electron chi connectivity index (χ3n) is 4.77. The summed E-state index contributed by atoms with van der Waals surface area (Å²) in [7, 11) is 2.10. The molecule has 1 atom stereocenters. The maximum absolute atomic E-state index is 12.5. The first-order valence-electron chi connectivity index (χ1n) is 9.27. The highest BCUT2D eigenvalue weighted by Crippen LogP contribution is 2.30. The second kappa shape index (κ2) is 10.3. The summed E-state index contributed by atoms with van der Waals surface area (Å²) in [5, 5.41) is 6.78. The quantitative estimate of drug-likeness (QED) is 0.725. The van der Waals surface area contributed by atoms with Crippen LogP contribution in [0.3, 0.4) is 0 Å². The minimum absolute atomic E-state index is 0.159. The van der Waals surface area contributed by atoms with Crippen LogP contribution in [-0.4, -0.2) is 48.1 Å². The van der Waals surface area contributed by atoms with Crippen molar-refractivity contribution in [3.8, 4) is 0 Å². The normalized spacial score (nSPS) is 18.4.